The highest BCUT2D eigenvalue weighted by atomic mass is 16.4. The van der Waals surface area contributed by atoms with Crippen molar-refractivity contribution >= 4 is 17.9 Å². The number of carboxylic acid groups (broad SMARTS) is 1. The molecule has 108 valence electrons. The fraction of sp³-hybridized carbons (Fsp3) is 0.0909. The minimum absolute atomic E-state index is 0.107. The van der Waals surface area contributed by atoms with Gasteiger partial charge in [-0.25, -0.2) is 14.3 Å². The molecule has 2 aromatic heterocycles. The van der Waals surface area contributed by atoms with Crippen molar-refractivity contribution in [2.45, 2.75) is 6.54 Å². The largest absolute Gasteiger partial charge is 0.476 e. The topological polar surface area (TPSA) is 153 Å². The molecule has 4 N–H and O–H groups in total. The van der Waals surface area contributed by atoms with Gasteiger partial charge in [-0.15, -0.1) is 5.10 Å². The maximum Gasteiger partial charge on any atom is 0.358 e. The molecule has 2 aromatic rings. The number of pyridine rings is 1. The van der Waals surface area contributed by atoms with Gasteiger partial charge in [0.15, 0.2) is 5.69 Å². The van der Waals surface area contributed by atoms with Gasteiger partial charge in [0.1, 0.15) is 12.2 Å². The van der Waals surface area contributed by atoms with Gasteiger partial charge in [0, 0.05) is 18.0 Å². The van der Waals surface area contributed by atoms with Crippen LogP contribution < -0.4 is 11.1 Å². The van der Waals surface area contributed by atoms with Crippen LogP contribution in [0.4, 0.5) is 4.79 Å². The number of aromatic carboxylic acids is 1. The Morgan fingerprint density at radius 2 is 2.14 bits per heavy atom. The second-order valence-corrected chi connectivity index (χ2v) is 3.90. The summed E-state index contributed by atoms with van der Waals surface area (Å²) in [6.45, 7) is -0.409. The maximum absolute atomic E-state index is 11.5. The third-order valence-corrected chi connectivity index (χ3v) is 2.43. The summed E-state index contributed by atoms with van der Waals surface area (Å²) in [5.41, 5.74) is 5.03. The fourth-order valence-electron chi connectivity index (χ4n) is 1.67. The van der Waals surface area contributed by atoms with Crippen LogP contribution in [-0.4, -0.2) is 43.0 Å². The number of aromatic nitrogens is 4. The zero-order valence-electron chi connectivity index (χ0n) is 10.6. The molecule has 0 radical (unpaired) electrons. The van der Waals surface area contributed by atoms with Crippen LogP contribution in [0.15, 0.2) is 24.5 Å². The number of nitrogens with two attached hydrogens (primary N) is 1. The zero-order valence-corrected chi connectivity index (χ0v) is 10.6. The first-order valence-corrected chi connectivity index (χ1v) is 5.65. The highest BCUT2D eigenvalue weighted by Gasteiger charge is 2.22. The Kier molecular flexibility index (Phi) is 3.88. The number of hydrogen-bond acceptors (Lipinski definition) is 6. The van der Waals surface area contributed by atoms with Crippen LogP contribution >= 0.6 is 0 Å². The minimum Gasteiger partial charge on any atom is -0.476 e. The van der Waals surface area contributed by atoms with Crippen LogP contribution in [0.1, 0.15) is 10.5 Å². The number of amides is 3. The molecular weight excluding hydrogens is 280 g/mol. The van der Waals surface area contributed by atoms with Crippen LogP contribution in [-0.2, 0) is 11.3 Å². The highest BCUT2D eigenvalue weighted by Crippen LogP contribution is 2.21. The summed E-state index contributed by atoms with van der Waals surface area (Å²) in [4.78, 5) is 37.2. The van der Waals surface area contributed by atoms with Crippen molar-refractivity contribution in [3.63, 3.8) is 0 Å². The van der Waals surface area contributed by atoms with Crippen molar-refractivity contribution in [1.82, 2.24) is 25.3 Å². The lowest BCUT2D eigenvalue weighted by Gasteiger charge is -2.06. The third kappa shape index (κ3) is 3.18. The predicted octanol–water partition coefficient (Wildman–Crippen LogP) is -0.767. The molecule has 2 rings (SSSR count). The molecule has 2 heterocycles. The van der Waals surface area contributed by atoms with Crippen LogP contribution in [0.3, 0.4) is 0 Å². The van der Waals surface area contributed by atoms with Crippen molar-refractivity contribution in [2.75, 3.05) is 0 Å². The molecule has 0 aliphatic carbocycles. The smallest absolute Gasteiger partial charge is 0.358 e. The monoisotopic (exact) mass is 290 g/mol. The minimum atomic E-state index is -1.30. The van der Waals surface area contributed by atoms with E-state index in [1.165, 1.54) is 12.4 Å². The number of rotatable bonds is 4. The average Bonchev–Trinajstić information content (AvgIpc) is 2.82. The first kappa shape index (κ1) is 14.1. The first-order valence-electron chi connectivity index (χ1n) is 5.65. The summed E-state index contributed by atoms with van der Waals surface area (Å²) in [6.07, 6.45) is 2.92. The fourth-order valence-corrected chi connectivity index (χ4v) is 1.67. The van der Waals surface area contributed by atoms with E-state index in [1.807, 2.05) is 5.32 Å². The lowest BCUT2D eigenvalue weighted by molar-refractivity contribution is -0.120. The molecule has 0 aliphatic rings. The second kappa shape index (κ2) is 5.77. The SMILES string of the molecule is NC(=O)NC(=O)Cn1nnc(C(=O)O)c1-c1cccnc1. The van der Waals surface area contributed by atoms with Gasteiger partial charge in [0.2, 0.25) is 5.91 Å². The van der Waals surface area contributed by atoms with E-state index in [2.05, 4.69) is 15.3 Å². The molecule has 10 nitrogen and oxygen atoms in total. The Labute approximate surface area is 117 Å². The summed E-state index contributed by atoms with van der Waals surface area (Å²) < 4.78 is 1.05. The van der Waals surface area contributed by atoms with Gasteiger partial charge < -0.3 is 10.8 Å². The number of imide groups is 1. The van der Waals surface area contributed by atoms with E-state index < -0.39 is 24.5 Å². The summed E-state index contributed by atoms with van der Waals surface area (Å²) in [7, 11) is 0. The third-order valence-electron chi connectivity index (χ3n) is 2.43. The van der Waals surface area contributed by atoms with Crippen LogP contribution in [0.2, 0.25) is 0 Å². The van der Waals surface area contributed by atoms with Crippen molar-refractivity contribution in [3.8, 4) is 11.3 Å². The van der Waals surface area contributed by atoms with Crippen molar-refractivity contribution in [1.29, 1.82) is 0 Å². The van der Waals surface area contributed by atoms with E-state index in [4.69, 9.17) is 10.8 Å². The van der Waals surface area contributed by atoms with Crippen molar-refractivity contribution in [3.05, 3.63) is 30.2 Å². The molecule has 0 saturated heterocycles. The van der Waals surface area contributed by atoms with Gasteiger partial charge in [0.05, 0.1) is 0 Å². The molecule has 0 saturated carbocycles. The number of carboxylic acids is 1. The van der Waals surface area contributed by atoms with Gasteiger partial charge in [0.25, 0.3) is 0 Å². The Morgan fingerprint density at radius 1 is 1.38 bits per heavy atom. The standard InChI is InChI=1S/C11H10N6O4/c12-11(21)14-7(18)5-17-9(6-2-1-3-13-4-6)8(10(19)20)15-16-17/h1-4H,5H2,(H,19,20)(H3,12,14,18,21). The lowest BCUT2D eigenvalue weighted by atomic mass is 10.1. The first-order chi connectivity index (χ1) is 9.99. The molecule has 10 heteroatoms. The molecule has 0 spiro atoms. The summed E-state index contributed by atoms with van der Waals surface area (Å²) in [5, 5.41) is 18.1. The van der Waals surface area contributed by atoms with Gasteiger partial charge >= 0.3 is 12.0 Å². The summed E-state index contributed by atoms with van der Waals surface area (Å²) in [5.74, 6) is -2.04. The number of hydrogen-bond donors (Lipinski definition) is 3. The van der Waals surface area contributed by atoms with E-state index in [0.29, 0.717) is 5.56 Å². The van der Waals surface area contributed by atoms with E-state index in [0.717, 1.165) is 4.68 Å². The van der Waals surface area contributed by atoms with Crippen molar-refractivity contribution in [2.24, 2.45) is 5.73 Å². The molecule has 3 amide bonds. The average molecular weight is 290 g/mol. The van der Waals surface area contributed by atoms with Crippen LogP contribution in [0, 0.1) is 0 Å². The van der Waals surface area contributed by atoms with E-state index >= 15 is 0 Å². The van der Waals surface area contributed by atoms with Crippen molar-refractivity contribution < 1.29 is 19.5 Å². The quantitative estimate of drug-likeness (QED) is 0.668. The molecular formula is C11H10N6O4. The molecule has 0 fully saturated rings. The van der Waals surface area contributed by atoms with E-state index in [1.54, 1.807) is 12.1 Å². The Morgan fingerprint density at radius 3 is 2.71 bits per heavy atom. The van der Waals surface area contributed by atoms with Gasteiger partial charge in [-0.2, -0.15) is 0 Å². The Bertz CT molecular complexity index is 696. The number of carbonyl (C=O) groups is 3. The Hall–Kier alpha value is -3.30. The predicted molar refractivity (Wildman–Crippen MR) is 67.9 cm³/mol. The number of primary amides is 1. The van der Waals surface area contributed by atoms with E-state index in [-0.39, 0.29) is 11.4 Å². The zero-order chi connectivity index (χ0) is 15.4. The maximum atomic E-state index is 11.5. The molecule has 0 aromatic carbocycles. The van der Waals surface area contributed by atoms with E-state index in [9.17, 15) is 14.4 Å². The van der Waals surface area contributed by atoms with Gasteiger partial charge in [-0.1, -0.05) is 5.21 Å². The Balaban J connectivity index is 2.41. The molecule has 0 bridgehead atoms. The summed E-state index contributed by atoms with van der Waals surface area (Å²) >= 11 is 0. The number of urea groups is 1. The second-order valence-electron chi connectivity index (χ2n) is 3.90. The highest BCUT2D eigenvalue weighted by molar-refractivity contribution is 5.95. The van der Waals surface area contributed by atoms with Crippen LogP contribution in [0.25, 0.3) is 11.3 Å². The molecule has 0 unspecified atom stereocenters. The molecule has 0 aliphatic heterocycles. The number of nitrogens with zero attached hydrogens (tertiary/aromatic N) is 4. The lowest BCUT2D eigenvalue weighted by Crippen LogP contribution is -2.37. The molecule has 0 atom stereocenters. The van der Waals surface area contributed by atoms with Gasteiger partial charge in [-0.3, -0.25) is 15.1 Å². The normalized spacial score (nSPS) is 10.1. The number of nitrogens with one attached hydrogen (secondary N) is 1. The number of carbonyl (C=O) groups excluding carboxylic acids is 2. The van der Waals surface area contributed by atoms with Gasteiger partial charge in [-0.05, 0) is 12.1 Å². The summed E-state index contributed by atoms with van der Waals surface area (Å²) in [6, 6.07) is 2.18. The molecule has 21 heavy (non-hydrogen) atoms. The van der Waals surface area contributed by atoms with Crippen LogP contribution in [0.5, 0.6) is 0 Å².